The Bertz CT molecular complexity index is 509. The van der Waals surface area contributed by atoms with Crippen LogP contribution in [0, 0.1) is 0 Å². The standard InChI is InChI=1S/C12H18F2N2O3S/c13-12(14)20(17,18)11-5-2-1-4-10(11)16-7-3-8-19-9-6-15/h1-2,4-5,12,16H,3,6-9,15H2. The Hall–Kier alpha value is -1.25. The summed E-state index contributed by atoms with van der Waals surface area (Å²) in [5, 5.41) is 2.83. The van der Waals surface area contributed by atoms with Crippen LogP contribution in [-0.2, 0) is 14.6 Å². The van der Waals surface area contributed by atoms with Crippen molar-refractivity contribution in [3.63, 3.8) is 0 Å². The second kappa shape index (κ2) is 8.13. The SMILES string of the molecule is NCCOCCCNc1ccccc1S(=O)(=O)C(F)F. The Morgan fingerprint density at radius 2 is 1.95 bits per heavy atom. The van der Waals surface area contributed by atoms with E-state index in [2.05, 4.69) is 5.32 Å². The molecule has 1 aromatic carbocycles. The maximum atomic E-state index is 12.6. The molecule has 0 aromatic heterocycles. The summed E-state index contributed by atoms with van der Waals surface area (Å²) in [7, 11) is -4.60. The number of halogens is 2. The molecule has 0 heterocycles. The Balaban J connectivity index is 2.63. The lowest BCUT2D eigenvalue weighted by Gasteiger charge is -2.12. The summed E-state index contributed by atoms with van der Waals surface area (Å²) in [6.07, 6.45) is 0.614. The molecule has 0 amide bonds. The highest BCUT2D eigenvalue weighted by atomic mass is 32.2. The van der Waals surface area contributed by atoms with Gasteiger partial charge >= 0.3 is 5.76 Å². The maximum absolute atomic E-state index is 12.6. The number of nitrogens with two attached hydrogens (primary N) is 1. The fraction of sp³-hybridized carbons (Fsp3) is 0.500. The van der Waals surface area contributed by atoms with Crippen LogP contribution in [-0.4, -0.2) is 40.5 Å². The largest absolute Gasteiger partial charge is 0.384 e. The number of sulfone groups is 1. The van der Waals surface area contributed by atoms with Gasteiger partial charge in [-0.3, -0.25) is 0 Å². The molecule has 114 valence electrons. The van der Waals surface area contributed by atoms with Crippen molar-refractivity contribution in [1.82, 2.24) is 0 Å². The van der Waals surface area contributed by atoms with Crippen LogP contribution >= 0.6 is 0 Å². The highest BCUT2D eigenvalue weighted by Crippen LogP contribution is 2.25. The highest BCUT2D eigenvalue weighted by molar-refractivity contribution is 7.91. The van der Waals surface area contributed by atoms with Crippen LogP contribution in [0.2, 0.25) is 0 Å². The summed E-state index contributed by atoms with van der Waals surface area (Å²) >= 11 is 0. The lowest BCUT2D eigenvalue weighted by atomic mass is 10.3. The quantitative estimate of drug-likeness (QED) is 0.675. The Morgan fingerprint density at radius 1 is 1.25 bits per heavy atom. The third-order valence-electron chi connectivity index (χ3n) is 2.47. The van der Waals surface area contributed by atoms with Crippen molar-refractivity contribution >= 4 is 15.5 Å². The normalized spacial score (nSPS) is 11.8. The van der Waals surface area contributed by atoms with Gasteiger partial charge in [-0.2, -0.15) is 8.78 Å². The Kier molecular flexibility index (Phi) is 6.83. The van der Waals surface area contributed by atoms with Gasteiger partial charge in [0.2, 0.25) is 9.84 Å². The molecule has 20 heavy (non-hydrogen) atoms. The number of hydrogen-bond donors (Lipinski definition) is 2. The smallest absolute Gasteiger partial charge is 0.341 e. The van der Waals surface area contributed by atoms with Crippen molar-refractivity contribution in [3.05, 3.63) is 24.3 Å². The molecular weight excluding hydrogens is 290 g/mol. The van der Waals surface area contributed by atoms with Crippen molar-refractivity contribution < 1.29 is 21.9 Å². The van der Waals surface area contributed by atoms with Gasteiger partial charge in [-0.05, 0) is 18.6 Å². The Morgan fingerprint density at radius 3 is 2.60 bits per heavy atom. The number of ether oxygens (including phenoxy) is 1. The molecule has 0 saturated heterocycles. The fourth-order valence-corrected chi connectivity index (χ4v) is 2.45. The molecule has 0 atom stereocenters. The van der Waals surface area contributed by atoms with Gasteiger partial charge < -0.3 is 15.8 Å². The van der Waals surface area contributed by atoms with Gasteiger partial charge in [-0.25, -0.2) is 8.42 Å². The number of rotatable bonds is 9. The molecule has 0 unspecified atom stereocenters. The molecular formula is C12H18F2N2O3S. The number of nitrogens with one attached hydrogen (secondary N) is 1. The van der Waals surface area contributed by atoms with Crippen molar-refractivity contribution in [3.8, 4) is 0 Å². The Labute approximate surface area is 117 Å². The molecule has 0 spiro atoms. The minimum absolute atomic E-state index is 0.173. The first-order valence-corrected chi connectivity index (χ1v) is 7.67. The van der Waals surface area contributed by atoms with Gasteiger partial charge in [0.1, 0.15) is 0 Å². The minimum Gasteiger partial charge on any atom is -0.384 e. The summed E-state index contributed by atoms with van der Waals surface area (Å²) in [4.78, 5) is -0.391. The first kappa shape index (κ1) is 16.8. The van der Waals surface area contributed by atoms with E-state index < -0.39 is 20.5 Å². The van der Waals surface area contributed by atoms with Crippen LogP contribution < -0.4 is 11.1 Å². The zero-order valence-corrected chi connectivity index (χ0v) is 11.7. The molecule has 5 nitrogen and oxygen atoms in total. The van der Waals surface area contributed by atoms with E-state index in [0.717, 1.165) is 6.07 Å². The van der Waals surface area contributed by atoms with Crippen LogP contribution in [0.5, 0.6) is 0 Å². The van der Waals surface area contributed by atoms with Gasteiger partial charge in [0.05, 0.1) is 17.2 Å². The van der Waals surface area contributed by atoms with E-state index >= 15 is 0 Å². The van der Waals surface area contributed by atoms with E-state index in [1.165, 1.54) is 12.1 Å². The van der Waals surface area contributed by atoms with E-state index in [1.807, 2.05) is 0 Å². The van der Waals surface area contributed by atoms with Crippen LogP contribution in [0.3, 0.4) is 0 Å². The minimum atomic E-state index is -4.60. The topological polar surface area (TPSA) is 81.4 Å². The van der Waals surface area contributed by atoms with Crippen molar-refractivity contribution in [2.75, 3.05) is 31.6 Å². The van der Waals surface area contributed by atoms with Crippen molar-refractivity contribution in [1.29, 1.82) is 0 Å². The number of benzene rings is 1. The molecule has 8 heteroatoms. The number of alkyl halides is 2. The molecule has 0 aliphatic rings. The molecule has 0 radical (unpaired) electrons. The maximum Gasteiger partial charge on any atom is 0.341 e. The predicted molar refractivity (Wildman–Crippen MR) is 72.6 cm³/mol. The fourth-order valence-electron chi connectivity index (χ4n) is 1.54. The average molecular weight is 308 g/mol. The van der Waals surface area contributed by atoms with Crippen LogP contribution in [0.15, 0.2) is 29.2 Å². The number of hydrogen-bond acceptors (Lipinski definition) is 5. The van der Waals surface area contributed by atoms with Crippen LogP contribution in [0.1, 0.15) is 6.42 Å². The van der Waals surface area contributed by atoms with Gasteiger partial charge in [-0.1, -0.05) is 12.1 Å². The zero-order chi connectivity index (χ0) is 15.0. The molecule has 3 N–H and O–H groups in total. The predicted octanol–water partition coefficient (Wildman–Crippen LogP) is 1.46. The van der Waals surface area contributed by atoms with E-state index in [9.17, 15) is 17.2 Å². The lowest BCUT2D eigenvalue weighted by molar-refractivity contribution is 0.141. The summed E-state index contributed by atoms with van der Waals surface area (Å²) in [5.74, 6) is -3.43. The molecule has 0 aliphatic carbocycles. The van der Waals surface area contributed by atoms with E-state index in [4.69, 9.17) is 10.5 Å². The summed E-state index contributed by atoms with van der Waals surface area (Å²) in [6, 6.07) is 5.60. The van der Waals surface area contributed by atoms with Gasteiger partial charge in [-0.15, -0.1) is 0 Å². The second-order valence-electron chi connectivity index (χ2n) is 3.98. The molecule has 0 saturated carbocycles. The van der Waals surface area contributed by atoms with Crippen molar-refractivity contribution in [2.24, 2.45) is 5.73 Å². The summed E-state index contributed by atoms with van der Waals surface area (Å²) in [6.45, 7) is 1.77. The monoisotopic (exact) mass is 308 g/mol. The van der Waals surface area contributed by atoms with Gasteiger partial charge in [0.15, 0.2) is 0 Å². The van der Waals surface area contributed by atoms with E-state index in [0.29, 0.717) is 32.7 Å². The number of anilines is 1. The molecule has 0 bridgehead atoms. The third kappa shape index (κ3) is 4.69. The highest BCUT2D eigenvalue weighted by Gasteiger charge is 2.28. The first-order valence-electron chi connectivity index (χ1n) is 6.13. The van der Waals surface area contributed by atoms with Gasteiger partial charge in [0.25, 0.3) is 0 Å². The van der Waals surface area contributed by atoms with E-state index in [1.54, 1.807) is 6.07 Å². The lowest BCUT2D eigenvalue weighted by Crippen LogP contribution is -2.15. The zero-order valence-electron chi connectivity index (χ0n) is 10.9. The number of para-hydroxylation sites is 1. The third-order valence-corrected chi connectivity index (χ3v) is 3.91. The molecule has 0 aliphatic heterocycles. The molecule has 0 fully saturated rings. The van der Waals surface area contributed by atoms with Crippen LogP contribution in [0.25, 0.3) is 0 Å². The summed E-state index contributed by atoms with van der Waals surface area (Å²) in [5.41, 5.74) is 5.42. The first-order chi connectivity index (χ1) is 9.50. The van der Waals surface area contributed by atoms with Crippen molar-refractivity contribution in [2.45, 2.75) is 17.1 Å². The molecule has 1 aromatic rings. The second-order valence-corrected chi connectivity index (χ2v) is 5.87. The average Bonchev–Trinajstić information content (AvgIpc) is 2.43. The van der Waals surface area contributed by atoms with Crippen LogP contribution in [0.4, 0.5) is 14.5 Å². The van der Waals surface area contributed by atoms with Gasteiger partial charge in [0, 0.05) is 19.7 Å². The summed E-state index contributed by atoms with van der Waals surface area (Å²) < 4.78 is 53.3. The molecule has 1 rings (SSSR count). The van der Waals surface area contributed by atoms with E-state index in [-0.39, 0.29) is 5.69 Å².